The molecule has 0 saturated heterocycles. The molecule has 3 nitrogen and oxygen atoms in total. The number of fused-ring (bicyclic) bond motifs is 1. The van der Waals surface area contributed by atoms with Gasteiger partial charge < -0.3 is 10.4 Å². The molecule has 2 unspecified atom stereocenters. The normalized spacial score (nSPS) is 22.1. The van der Waals surface area contributed by atoms with Gasteiger partial charge in [0.25, 0.3) is 5.91 Å². The fourth-order valence-corrected chi connectivity index (χ4v) is 3.65. The molecule has 0 aliphatic heterocycles. The van der Waals surface area contributed by atoms with Crippen molar-refractivity contribution in [1.82, 2.24) is 5.32 Å². The number of carbonyl (C=O) groups excluding carboxylic acids is 1. The average Bonchev–Trinajstić information content (AvgIpc) is 2.50. The average molecular weight is 348 g/mol. The van der Waals surface area contributed by atoms with Crippen molar-refractivity contribution < 1.29 is 9.90 Å². The maximum Gasteiger partial charge on any atom is 0.255 e. The van der Waals surface area contributed by atoms with Crippen LogP contribution in [0.5, 0.6) is 5.75 Å². The van der Waals surface area contributed by atoms with E-state index in [1.54, 1.807) is 6.07 Å². The van der Waals surface area contributed by atoms with E-state index in [2.05, 4.69) is 21.2 Å². The Morgan fingerprint density at radius 1 is 1.14 bits per heavy atom. The Kier molecular flexibility index (Phi) is 4.15. The van der Waals surface area contributed by atoms with Crippen LogP contribution < -0.4 is 5.32 Å². The van der Waals surface area contributed by atoms with Crippen molar-refractivity contribution in [2.45, 2.75) is 36.6 Å². The number of halogens is 1. The van der Waals surface area contributed by atoms with Crippen molar-refractivity contribution in [2.75, 3.05) is 0 Å². The van der Waals surface area contributed by atoms with Crippen LogP contribution in [0.2, 0.25) is 0 Å². The first-order valence-corrected chi connectivity index (χ1v) is 8.24. The molecule has 0 radical (unpaired) electrons. The SMILES string of the molecule is O=C(NC1CCCCC1Br)c1ccc2ccccc2c1O. The summed E-state index contributed by atoms with van der Waals surface area (Å²) in [6, 6.07) is 11.2. The number of hydrogen-bond acceptors (Lipinski definition) is 2. The van der Waals surface area contributed by atoms with E-state index in [9.17, 15) is 9.90 Å². The third-order valence-corrected chi connectivity index (χ3v) is 5.24. The highest BCUT2D eigenvalue weighted by molar-refractivity contribution is 9.09. The van der Waals surface area contributed by atoms with Crippen LogP contribution in [0.3, 0.4) is 0 Å². The molecule has 2 aromatic carbocycles. The molecule has 3 rings (SSSR count). The zero-order valence-electron chi connectivity index (χ0n) is 11.7. The second kappa shape index (κ2) is 6.06. The lowest BCUT2D eigenvalue weighted by molar-refractivity contribution is 0.0927. The second-order valence-corrected chi connectivity index (χ2v) is 6.74. The van der Waals surface area contributed by atoms with Crippen molar-refractivity contribution in [3.63, 3.8) is 0 Å². The second-order valence-electron chi connectivity index (χ2n) is 5.56. The van der Waals surface area contributed by atoms with E-state index in [0.717, 1.165) is 24.6 Å². The summed E-state index contributed by atoms with van der Waals surface area (Å²) in [5.41, 5.74) is 0.346. The Balaban J connectivity index is 1.86. The molecule has 110 valence electrons. The molecule has 4 heteroatoms. The Hall–Kier alpha value is -1.55. The smallest absolute Gasteiger partial charge is 0.255 e. The number of nitrogens with one attached hydrogen (secondary N) is 1. The summed E-state index contributed by atoms with van der Waals surface area (Å²) in [4.78, 5) is 12.7. The summed E-state index contributed by atoms with van der Waals surface area (Å²) in [5, 5.41) is 15.0. The highest BCUT2D eigenvalue weighted by atomic mass is 79.9. The molecule has 1 aliphatic carbocycles. The Morgan fingerprint density at radius 3 is 2.71 bits per heavy atom. The molecule has 0 spiro atoms. The van der Waals surface area contributed by atoms with Crippen LogP contribution in [0.4, 0.5) is 0 Å². The topological polar surface area (TPSA) is 49.3 Å². The number of hydrogen-bond donors (Lipinski definition) is 2. The third-order valence-electron chi connectivity index (χ3n) is 4.14. The molecule has 21 heavy (non-hydrogen) atoms. The number of benzene rings is 2. The van der Waals surface area contributed by atoms with Crippen molar-refractivity contribution in [1.29, 1.82) is 0 Å². The molecular weight excluding hydrogens is 330 g/mol. The maximum absolute atomic E-state index is 12.4. The van der Waals surface area contributed by atoms with Gasteiger partial charge in [-0.2, -0.15) is 0 Å². The van der Waals surface area contributed by atoms with Crippen LogP contribution in [0, 0.1) is 0 Å². The summed E-state index contributed by atoms with van der Waals surface area (Å²) in [5.74, 6) is -0.137. The van der Waals surface area contributed by atoms with Gasteiger partial charge in [0.15, 0.2) is 0 Å². The van der Waals surface area contributed by atoms with E-state index >= 15 is 0 Å². The number of phenolic OH excluding ortho intramolecular Hbond substituents is 1. The largest absolute Gasteiger partial charge is 0.506 e. The summed E-state index contributed by atoms with van der Waals surface area (Å²) < 4.78 is 0. The van der Waals surface area contributed by atoms with Gasteiger partial charge in [-0.15, -0.1) is 0 Å². The van der Waals surface area contributed by atoms with Crippen molar-refractivity contribution in [3.8, 4) is 5.75 Å². The minimum atomic E-state index is -0.199. The Labute approximate surface area is 132 Å². The predicted octanol–water partition coefficient (Wildman–Crippen LogP) is 3.98. The van der Waals surface area contributed by atoms with Crippen molar-refractivity contribution in [3.05, 3.63) is 42.0 Å². The predicted molar refractivity (Wildman–Crippen MR) is 88.1 cm³/mol. The van der Waals surface area contributed by atoms with Crippen LogP contribution in [0.1, 0.15) is 36.0 Å². The van der Waals surface area contributed by atoms with Crippen molar-refractivity contribution in [2.24, 2.45) is 0 Å². The zero-order chi connectivity index (χ0) is 14.8. The van der Waals surface area contributed by atoms with E-state index in [1.807, 2.05) is 30.3 Å². The zero-order valence-corrected chi connectivity index (χ0v) is 13.3. The highest BCUT2D eigenvalue weighted by Crippen LogP contribution is 2.29. The van der Waals surface area contributed by atoms with E-state index < -0.39 is 0 Å². The molecule has 1 fully saturated rings. The van der Waals surface area contributed by atoms with Crippen LogP contribution >= 0.6 is 15.9 Å². The van der Waals surface area contributed by atoms with Crippen molar-refractivity contribution >= 4 is 32.6 Å². The van der Waals surface area contributed by atoms with Crippen LogP contribution in [-0.4, -0.2) is 21.9 Å². The van der Waals surface area contributed by atoms with E-state index in [4.69, 9.17) is 0 Å². The summed E-state index contributed by atoms with van der Waals surface area (Å²) >= 11 is 3.64. The van der Waals surface area contributed by atoms with Crippen LogP contribution in [0.25, 0.3) is 10.8 Å². The fraction of sp³-hybridized carbons (Fsp3) is 0.353. The molecule has 0 bridgehead atoms. The molecule has 0 heterocycles. The van der Waals surface area contributed by atoms with Gasteiger partial charge in [0.05, 0.1) is 5.56 Å². The van der Waals surface area contributed by atoms with Gasteiger partial charge in [-0.3, -0.25) is 4.79 Å². The van der Waals surface area contributed by atoms with Gasteiger partial charge in [0.1, 0.15) is 5.75 Å². The van der Waals surface area contributed by atoms with E-state index in [-0.39, 0.29) is 17.7 Å². The molecule has 2 aromatic rings. The molecule has 2 atom stereocenters. The molecular formula is C17H18BrNO2. The Morgan fingerprint density at radius 2 is 1.90 bits per heavy atom. The summed E-state index contributed by atoms with van der Waals surface area (Å²) in [7, 11) is 0. The van der Waals surface area contributed by atoms with Gasteiger partial charge in [-0.1, -0.05) is 59.1 Å². The molecule has 1 saturated carbocycles. The van der Waals surface area contributed by atoms with Crippen LogP contribution in [-0.2, 0) is 0 Å². The molecule has 1 aliphatic rings. The third kappa shape index (κ3) is 2.91. The number of aromatic hydroxyl groups is 1. The monoisotopic (exact) mass is 347 g/mol. The highest BCUT2D eigenvalue weighted by Gasteiger charge is 2.25. The fourth-order valence-electron chi connectivity index (χ4n) is 2.93. The van der Waals surface area contributed by atoms with Gasteiger partial charge in [0, 0.05) is 16.3 Å². The lowest BCUT2D eigenvalue weighted by Crippen LogP contribution is -2.42. The maximum atomic E-state index is 12.4. The number of alkyl halides is 1. The summed E-state index contributed by atoms with van der Waals surface area (Å²) in [6.45, 7) is 0. The first-order chi connectivity index (χ1) is 10.2. The molecule has 2 N–H and O–H groups in total. The van der Waals surface area contributed by atoms with Gasteiger partial charge in [-0.05, 0) is 24.3 Å². The van der Waals surface area contributed by atoms with Crippen LogP contribution in [0.15, 0.2) is 36.4 Å². The lowest BCUT2D eigenvalue weighted by atomic mass is 9.95. The standard InChI is InChI=1S/C17H18BrNO2/c18-14-7-3-4-8-15(14)19-17(21)13-10-9-11-5-1-2-6-12(11)16(13)20/h1-2,5-6,9-10,14-15,20H,3-4,7-8H2,(H,19,21). The van der Waals surface area contributed by atoms with E-state index in [1.165, 1.54) is 6.42 Å². The number of carbonyl (C=O) groups is 1. The van der Waals surface area contributed by atoms with Gasteiger partial charge >= 0.3 is 0 Å². The first-order valence-electron chi connectivity index (χ1n) is 7.32. The number of rotatable bonds is 2. The lowest BCUT2D eigenvalue weighted by Gasteiger charge is -2.28. The summed E-state index contributed by atoms with van der Waals surface area (Å²) in [6.07, 6.45) is 4.39. The quantitative estimate of drug-likeness (QED) is 0.807. The number of phenols is 1. The molecule has 1 amide bonds. The Bertz CT molecular complexity index is 671. The minimum absolute atomic E-state index is 0.0625. The van der Waals surface area contributed by atoms with E-state index in [0.29, 0.717) is 15.8 Å². The number of amides is 1. The van der Waals surface area contributed by atoms with Gasteiger partial charge in [-0.25, -0.2) is 0 Å². The molecule has 0 aromatic heterocycles. The van der Waals surface area contributed by atoms with Gasteiger partial charge in [0.2, 0.25) is 0 Å². The first kappa shape index (κ1) is 14.4. The minimum Gasteiger partial charge on any atom is -0.506 e.